The van der Waals surface area contributed by atoms with E-state index in [1.807, 2.05) is 0 Å². The fraction of sp³-hybridized carbons (Fsp3) is 0.529. The van der Waals surface area contributed by atoms with E-state index in [4.69, 9.17) is 0 Å². The molecule has 0 saturated heterocycles. The predicted octanol–water partition coefficient (Wildman–Crippen LogP) is 3.45. The van der Waals surface area contributed by atoms with Crippen molar-refractivity contribution in [2.45, 2.75) is 31.9 Å². The van der Waals surface area contributed by atoms with Crippen molar-refractivity contribution in [1.29, 1.82) is 0 Å². The SMILES string of the molecule is CN(CC(=O)Nc1ccccc1)C(=O)[C@@H]1CCCC[C@H]1C(F)(F)F. The molecule has 1 fully saturated rings. The first-order valence-corrected chi connectivity index (χ1v) is 7.95. The van der Waals surface area contributed by atoms with Gasteiger partial charge < -0.3 is 10.2 Å². The maximum absolute atomic E-state index is 13.1. The van der Waals surface area contributed by atoms with Crippen molar-refractivity contribution in [1.82, 2.24) is 4.90 Å². The lowest BCUT2D eigenvalue weighted by atomic mass is 9.78. The van der Waals surface area contributed by atoms with Gasteiger partial charge in [-0.3, -0.25) is 9.59 Å². The number of anilines is 1. The summed E-state index contributed by atoms with van der Waals surface area (Å²) in [6, 6.07) is 8.69. The van der Waals surface area contributed by atoms with E-state index in [2.05, 4.69) is 5.32 Å². The van der Waals surface area contributed by atoms with Gasteiger partial charge in [0.2, 0.25) is 11.8 Å². The molecule has 4 nitrogen and oxygen atoms in total. The van der Waals surface area contributed by atoms with E-state index in [0.717, 1.165) is 4.90 Å². The third-order valence-electron chi connectivity index (χ3n) is 4.32. The Morgan fingerprint density at radius 1 is 1.17 bits per heavy atom. The number of carbonyl (C=O) groups is 2. The minimum atomic E-state index is -4.38. The Morgan fingerprint density at radius 2 is 1.79 bits per heavy atom. The summed E-state index contributed by atoms with van der Waals surface area (Å²) in [7, 11) is 1.37. The number of nitrogens with zero attached hydrogens (tertiary/aromatic N) is 1. The Morgan fingerprint density at radius 3 is 2.42 bits per heavy atom. The normalized spacial score (nSPS) is 21.2. The molecule has 132 valence electrons. The molecule has 0 aromatic heterocycles. The van der Waals surface area contributed by atoms with E-state index in [1.54, 1.807) is 30.3 Å². The van der Waals surface area contributed by atoms with E-state index >= 15 is 0 Å². The van der Waals surface area contributed by atoms with Crippen LogP contribution in [-0.4, -0.2) is 36.5 Å². The van der Waals surface area contributed by atoms with Gasteiger partial charge in [0.15, 0.2) is 0 Å². The molecule has 2 atom stereocenters. The van der Waals surface area contributed by atoms with Crippen LogP contribution in [0.2, 0.25) is 0 Å². The number of alkyl halides is 3. The van der Waals surface area contributed by atoms with E-state index in [1.165, 1.54) is 7.05 Å². The second kappa shape index (κ2) is 7.68. The highest BCUT2D eigenvalue weighted by Crippen LogP contribution is 2.42. The van der Waals surface area contributed by atoms with E-state index in [-0.39, 0.29) is 19.4 Å². The predicted molar refractivity (Wildman–Crippen MR) is 84.2 cm³/mol. The maximum Gasteiger partial charge on any atom is 0.392 e. The van der Waals surface area contributed by atoms with Crippen LogP contribution in [0.4, 0.5) is 18.9 Å². The van der Waals surface area contributed by atoms with Crippen LogP contribution in [0, 0.1) is 11.8 Å². The fourth-order valence-electron chi connectivity index (χ4n) is 3.12. The Balaban J connectivity index is 1.96. The third-order valence-corrected chi connectivity index (χ3v) is 4.32. The van der Waals surface area contributed by atoms with Crippen molar-refractivity contribution in [3.05, 3.63) is 30.3 Å². The molecule has 0 radical (unpaired) electrons. The summed E-state index contributed by atoms with van der Waals surface area (Å²) in [5.74, 6) is -3.75. The lowest BCUT2D eigenvalue weighted by molar-refractivity contribution is -0.200. The standard InChI is InChI=1S/C17H21F3N2O2/c1-22(11-15(23)21-12-7-3-2-4-8-12)16(24)13-9-5-6-10-14(13)17(18,19)20/h2-4,7-8,13-14H,5-6,9-11H2,1H3,(H,21,23)/t13-,14-/m1/s1. The number of hydrogen-bond acceptors (Lipinski definition) is 2. The minimum Gasteiger partial charge on any atom is -0.336 e. The molecular formula is C17H21F3N2O2. The molecular weight excluding hydrogens is 321 g/mol. The summed E-state index contributed by atoms with van der Waals surface area (Å²) >= 11 is 0. The van der Waals surface area contributed by atoms with Crippen LogP contribution in [0.25, 0.3) is 0 Å². The Hall–Kier alpha value is -2.05. The van der Waals surface area contributed by atoms with Crippen LogP contribution >= 0.6 is 0 Å². The molecule has 1 saturated carbocycles. The summed E-state index contributed by atoms with van der Waals surface area (Å²) in [5.41, 5.74) is 0.578. The first-order chi connectivity index (χ1) is 11.3. The highest BCUT2D eigenvalue weighted by atomic mass is 19.4. The number of hydrogen-bond donors (Lipinski definition) is 1. The number of benzene rings is 1. The Labute approximate surface area is 139 Å². The quantitative estimate of drug-likeness (QED) is 0.911. The smallest absolute Gasteiger partial charge is 0.336 e. The zero-order valence-electron chi connectivity index (χ0n) is 13.5. The van der Waals surface area contributed by atoms with Crippen LogP contribution in [0.5, 0.6) is 0 Å². The average molecular weight is 342 g/mol. The average Bonchev–Trinajstić information content (AvgIpc) is 2.54. The topological polar surface area (TPSA) is 49.4 Å². The number of likely N-dealkylation sites (N-methyl/N-ethyl adjacent to an activating group) is 1. The van der Waals surface area contributed by atoms with E-state index in [9.17, 15) is 22.8 Å². The van der Waals surface area contributed by atoms with Gasteiger partial charge in [-0.2, -0.15) is 13.2 Å². The summed E-state index contributed by atoms with van der Waals surface area (Å²) in [6.45, 7) is -0.269. The first-order valence-electron chi connectivity index (χ1n) is 7.95. The van der Waals surface area contributed by atoms with Gasteiger partial charge in [0.1, 0.15) is 0 Å². The highest BCUT2D eigenvalue weighted by Gasteiger charge is 2.48. The molecule has 0 heterocycles. The second-order valence-corrected chi connectivity index (χ2v) is 6.15. The van der Waals surface area contributed by atoms with E-state index in [0.29, 0.717) is 18.5 Å². The van der Waals surface area contributed by atoms with Crippen molar-refractivity contribution < 1.29 is 22.8 Å². The molecule has 2 rings (SSSR count). The van der Waals surface area contributed by atoms with Gasteiger partial charge in [0, 0.05) is 18.7 Å². The van der Waals surface area contributed by atoms with Crippen LogP contribution < -0.4 is 5.32 Å². The number of carbonyl (C=O) groups excluding carboxylic acids is 2. The largest absolute Gasteiger partial charge is 0.392 e. The van der Waals surface area contributed by atoms with Gasteiger partial charge in [-0.25, -0.2) is 0 Å². The summed E-state index contributed by atoms with van der Waals surface area (Å²) < 4.78 is 39.3. The molecule has 1 aromatic carbocycles. The van der Waals surface area contributed by atoms with Gasteiger partial charge in [-0.1, -0.05) is 31.0 Å². The summed E-state index contributed by atoms with van der Waals surface area (Å²) in [5, 5.41) is 2.62. The lowest BCUT2D eigenvalue weighted by Gasteiger charge is -2.34. The summed E-state index contributed by atoms with van der Waals surface area (Å²) in [4.78, 5) is 25.4. The van der Waals surface area contributed by atoms with Crippen molar-refractivity contribution in [2.75, 3.05) is 18.9 Å². The molecule has 0 aliphatic heterocycles. The van der Waals surface area contributed by atoms with Crippen molar-refractivity contribution in [3.8, 4) is 0 Å². The second-order valence-electron chi connectivity index (χ2n) is 6.15. The van der Waals surface area contributed by atoms with Crippen LogP contribution in [-0.2, 0) is 9.59 Å². The van der Waals surface area contributed by atoms with E-state index < -0.39 is 29.8 Å². The zero-order valence-corrected chi connectivity index (χ0v) is 13.5. The molecule has 24 heavy (non-hydrogen) atoms. The highest BCUT2D eigenvalue weighted by molar-refractivity contribution is 5.94. The Kier molecular flexibility index (Phi) is 5.85. The molecule has 0 bridgehead atoms. The number of amides is 2. The third kappa shape index (κ3) is 4.72. The number of rotatable bonds is 4. The minimum absolute atomic E-state index is 0.0239. The van der Waals surface area contributed by atoms with Crippen LogP contribution in [0.15, 0.2) is 30.3 Å². The number of para-hydroxylation sites is 1. The van der Waals surface area contributed by atoms with Crippen molar-refractivity contribution in [2.24, 2.45) is 11.8 Å². The van der Waals surface area contributed by atoms with Crippen LogP contribution in [0.3, 0.4) is 0 Å². The number of nitrogens with one attached hydrogen (secondary N) is 1. The zero-order chi connectivity index (χ0) is 17.7. The van der Waals surface area contributed by atoms with Crippen LogP contribution in [0.1, 0.15) is 25.7 Å². The molecule has 1 aliphatic rings. The van der Waals surface area contributed by atoms with Gasteiger partial charge in [0.25, 0.3) is 0 Å². The molecule has 2 amide bonds. The Bertz CT molecular complexity index is 575. The summed E-state index contributed by atoms with van der Waals surface area (Å²) in [6.07, 6.45) is -3.11. The monoisotopic (exact) mass is 342 g/mol. The molecule has 0 spiro atoms. The van der Waals surface area contributed by atoms with Gasteiger partial charge in [-0.15, -0.1) is 0 Å². The molecule has 7 heteroatoms. The maximum atomic E-state index is 13.1. The molecule has 1 aromatic rings. The lowest BCUT2D eigenvalue weighted by Crippen LogP contribution is -2.45. The number of halogens is 3. The molecule has 0 unspecified atom stereocenters. The van der Waals surface area contributed by atoms with Crippen molar-refractivity contribution in [3.63, 3.8) is 0 Å². The fourth-order valence-corrected chi connectivity index (χ4v) is 3.12. The van der Waals surface area contributed by atoms with Gasteiger partial charge in [-0.05, 0) is 25.0 Å². The molecule has 1 N–H and O–H groups in total. The molecule has 1 aliphatic carbocycles. The van der Waals surface area contributed by atoms with Crippen molar-refractivity contribution >= 4 is 17.5 Å². The van der Waals surface area contributed by atoms with Gasteiger partial charge in [0.05, 0.1) is 12.5 Å². The first kappa shape index (κ1) is 18.3. The van der Waals surface area contributed by atoms with Gasteiger partial charge >= 0.3 is 6.18 Å².